The zero-order valence-corrected chi connectivity index (χ0v) is 7.43. The molecule has 0 heterocycles. The van der Waals surface area contributed by atoms with Crippen molar-refractivity contribution in [1.29, 1.82) is 0 Å². The lowest BCUT2D eigenvalue weighted by Gasteiger charge is -1.99. The second-order valence-electron chi connectivity index (χ2n) is 2.07. The lowest BCUT2D eigenvalue weighted by Crippen LogP contribution is -1.87. The quantitative estimate of drug-likeness (QED) is 0.296. The molecule has 0 saturated carbocycles. The van der Waals surface area contributed by atoms with Gasteiger partial charge in [-0.15, -0.1) is 0 Å². The van der Waals surface area contributed by atoms with Crippen LogP contribution in [-0.4, -0.2) is 12.5 Å². The van der Waals surface area contributed by atoms with Crippen LogP contribution in [0.1, 0.15) is 6.92 Å². The monoisotopic (exact) mass is 169 g/mol. The van der Waals surface area contributed by atoms with Crippen LogP contribution in [0.2, 0.25) is 0 Å². The molecule has 0 fully saturated rings. The Balaban J connectivity index is 2.28. The van der Waals surface area contributed by atoms with Crippen molar-refractivity contribution in [3.63, 3.8) is 0 Å². The molecule has 1 aromatic carbocycles. The van der Waals surface area contributed by atoms with Crippen molar-refractivity contribution in [2.75, 3.05) is 12.5 Å². The van der Waals surface area contributed by atoms with Gasteiger partial charge in [-0.05, 0) is 19.1 Å². The maximum absolute atomic E-state index is 5.20. The summed E-state index contributed by atoms with van der Waals surface area (Å²) >= 11 is 1.72. The highest BCUT2D eigenvalue weighted by molar-refractivity contribution is 7.99. The first-order chi connectivity index (χ1) is 5.43. The molecule has 0 aliphatic heterocycles. The zero-order valence-electron chi connectivity index (χ0n) is 6.62. The number of hydrogen-bond donors (Lipinski definition) is 0. The molecule has 0 amide bonds. The second kappa shape index (κ2) is 5.22. The molecule has 60 valence electrons. The van der Waals surface area contributed by atoms with Gasteiger partial charge in [0.1, 0.15) is 0 Å². The average Bonchev–Trinajstić information content (AvgIpc) is 2.07. The molecule has 0 bridgehead atoms. The van der Waals surface area contributed by atoms with Crippen LogP contribution in [0, 0.1) is 0 Å². The van der Waals surface area contributed by atoms with Gasteiger partial charge in [0.05, 0.1) is 5.94 Å². The highest BCUT2D eigenvalue weighted by atomic mass is 32.2. The predicted molar refractivity (Wildman–Crippen MR) is 48.8 cm³/mol. The smallest absolute Gasteiger partial charge is 0.0966 e. The number of benzene rings is 1. The fourth-order valence-electron chi connectivity index (χ4n) is 0.710. The zero-order chi connectivity index (χ0) is 7.94. The first-order valence-electron chi connectivity index (χ1n) is 3.69. The molecule has 1 aromatic rings. The minimum absolute atomic E-state index is 0.751. The molecule has 0 saturated heterocycles. The summed E-state index contributed by atoms with van der Waals surface area (Å²) < 4.78 is 5.20. The lowest BCUT2D eigenvalue weighted by molar-refractivity contribution is 0.199. The molecule has 0 spiro atoms. The van der Waals surface area contributed by atoms with Gasteiger partial charge in [0, 0.05) is 11.5 Å². The minimum atomic E-state index is 0.751. The molecule has 0 aliphatic rings. The number of hydrogen-bond acceptors (Lipinski definition) is 2. The van der Waals surface area contributed by atoms with E-state index in [1.54, 1.807) is 11.8 Å². The van der Waals surface area contributed by atoms with Crippen LogP contribution in [0.5, 0.6) is 0 Å². The SMILES string of the molecule is CCO[13CH2]Sc1ccccc1. The van der Waals surface area contributed by atoms with E-state index < -0.39 is 0 Å². The van der Waals surface area contributed by atoms with E-state index in [0.29, 0.717) is 0 Å². The van der Waals surface area contributed by atoms with Gasteiger partial charge >= 0.3 is 0 Å². The summed E-state index contributed by atoms with van der Waals surface area (Å²) in [4.78, 5) is 1.26. The molecule has 0 unspecified atom stereocenters. The van der Waals surface area contributed by atoms with E-state index in [4.69, 9.17) is 4.74 Å². The van der Waals surface area contributed by atoms with Crippen molar-refractivity contribution in [3.8, 4) is 0 Å². The van der Waals surface area contributed by atoms with E-state index in [1.807, 2.05) is 25.1 Å². The predicted octanol–water partition coefficient (Wildman–Crippen LogP) is 2.77. The van der Waals surface area contributed by atoms with Crippen LogP contribution in [0.25, 0.3) is 0 Å². The van der Waals surface area contributed by atoms with Crippen LogP contribution in [-0.2, 0) is 4.74 Å². The van der Waals surface area contributed by atoms with Gasteiger partial charge in [0.25, 0.3) is 0 Å². The molecule has 0 atom stereocenters. The molecule has 0 aromatic heterocycles. The normalized spacial score (nSPS) is 9.91. The van der Waals surface area contributed by atoms with Crippen molar-refractivity contribution >= 4 is 11.8 Å². The summed E-state index contributed by atoms with van der Waals surface area (Å²) in [7, 11) is 0. The minimum Gasteiger partial charge on any atom is -0.371 e. The van der Waals surface area contributed by atoms with Crippen molar-refractivity contribution in [1.82, 2.24) is 0 Å². The molecular formula is C9H12OS. The van der Waals surface area contributed by atoms with E-state index in [1.165, 1.54) is 4.90 Å². The van der Waals surface area contributed by atoms with Crippen LogP contribution in [0.15, 0.2) is 35.2 Å². The van der Waals surface area contributed by atoms with Crippen LogP contribution in [0.4, 0.5) is 0 Å². The third-order valence-corrected chi connectivity index (χ3v) is 2.15. The van der Waals surface area contributed by atoms with Crippen LogP contribution < -0.4 is 0 Å². The van der Waals surface area contributed by atoms with Crippen molar-refractivity contribution < 1.29 is 4.74 Å². The largest absolute Gasteiger partial charge is 0.371 e. The fourth-order valence-corrected chi connectivity index (χ4v) is 1.45. The Morgan fingerprint density at radius 2 is 2.00 bits per heavy atom. The summed E-state index contributed by atoms with van der Waals surface area (Å²) in [5.41, 5.74) is 0. The lowest BCUT2D eigenvalue weighted by atomic mass is 10.4. The first kappa shape index (κ1) is 8.62. The number of thioether (sulfide) groups is 1. The van der Waals surface area contributed by atoms with Crippen molar-refractivity contribution in [3.05, 3.63) is 30.3 Å². The van der Waals surface area contributed by atoms with Crippen LogP contribution in [0.3, 0.4) is 0 Å². The molecule has 0 N–H and O–H groups in total. The van der Waals surface area contributed by atoms with Gasteiger partial charge in [0.2, 0.25) is 0 Å². The highest BCUT2D eigenvalue weighted by Crippen LogP contribution is 2.16. The van der Waals surface area contributed by atoms with Gasteiger partial charge in [-0.25, -0.2) is 0 Å². The Kier molecular flexibility index (Phi) is 4.09. The molecule has 1 rings (SSSR count). The van der Waals surface area contributed by atoms with Gasteiger partial charge in [0.15, 0.2) is 0 Å². The highest BCUT2D eigenvalue weighted by Gasteiger charge is 1.89. The van der Waals surface area contributed by atoms with Gasteiger partial charge in [-0.2, -0.15) is 0 Å². The summed E-state index contributed by atoms with van der Waals surface area (Å²) in [5.74, 6) is 0.751. The Morgan fingerprint density at radius 3 is 2.64 bits per heavy atom. The van der Waals surface area contributed by atoms with Crippen molar-refractivity contribution in [2.24, 2.45) is 0 Å². The maximum Gasteiger partial charge on any atom is 0.0966 e. The Morgan fingerprint density at radius 1 is 1.27 bits per heavy atom. The summed E-state index contributed by atoms with van der Waals surface area (Å²) in [6, 6.07) is 10.3. The van der Waals surface area contributed by atoms with Gasteiger partial charge in [-0.3, -0.25) is 0 Å². The summed E-state index contributed by atoms with van der Waals surface area (Å²) in [6.45, 7) is 2.80. The van der Waals surface area contributed by atoms with E-state index in [0.717, 1.165) is 12.5 Å². The summed E-state index contributed by atoms with van der Waals surface area (Å²) in [6.07, 6.45) is 0. The van der Waals surface area contributed by atoms with Gasteiger partial charge in [-0.1, -0.05) is 30.0 Å². The van der Waals surface area contributed by atoms with E-state index in [-0.39, 0.29) is 0 Å². The Labute approximate surface area is 71.8 Å². The van der Waals surface area contributed by atoms with E-state index >= 15 is 0 Å². The second-order valence-corrected chi connectivity index (χ2v) is 3.06. The topological polar surface area (TPSA) is 9.23 Å². The molecule has 11 heavy (non-hydrogen) atoms. The average molecular weight is 169 g/mol. The standard InChI is InChI=1S/C9H12OS/c1-2-10-8-11-9-6-4-3-5-7-9/h3-7H,2,8H2,1H3/i8+1. The first-order valence-corrected chi connectivity index (χ1v) is 4.67. The molecule has 0 aliphatic carbocycles. The van der Waals surface area contributed by atoms with E-state index in [9.17, 15) is 0 Å². The maximum atomic E-state index is 5.20. The third-order valence-electron chi connectivity index (χ3n) is 1.26. The molecule has 0 radical (unpaired) electrons. The molecular weight excluding hydrogens is 157 g/mol. The third kappa shape index (κ3) is 3.44. The Hall–Kier alpha value is -0.470. The molecule has 1 nitrogen and oxygen atoms in total. The fraction of sp³-hybridized carbons (Fsp3) is 0.333. The summed E-state index contributed by atoms with van der Waals surface area (Å²) in [5, 5.41) is 0. The van der Waals surface area contributed by atoms with Gasteiger partial charge < -0.3 is 4.74 Å². The number of rotatable bonds is 4. The van der Waals surface area contributed by atoms with Crippen molar-refractivity contribution in [2.45, 2.75) is 11.8 Å². The van der Waals surface area contributed by atoms with E-state index in [2.05, 4.69) is 12.1 Å². The number of ether oxygens (including phenoxy) is 1. The Bertz CT molecular complexity index is 186. The van der Waals surface area contributed by atoms with Crippen LogP contribution >= 0.6 is 11.8 Å². The molecule has 2 heteroatoms.